The molecule has 1 aromatic carbocycles. The quantitative estimate of drug-likeness (QED) is 0.642. The van der Waals surface area contributed by atoms with Crippen molar-refractivity contribution in [3.8, 4) is 0 Å². The molecule has 0 atom stereocenters. The van der Waals surface area contributed by atoms with E-state index in [2.05, 4.69) is 15.2 Å². The van der Waals surface area contributed by atoms with E-state index in [0.29, 0.717) is 44.2 Å². The summed E-state index contributed by atoms with van der Waals surface area (Å²) in [4.78, 5) is 22.3. The first-order valence-electron chi connectivity index (χ1n) is 9.23. The van der Waals surface area contributed by atoms with Crippen LogP contribution >= 0.6 is 0 Å². The molecule has 7 nitrogen and oxygen atoms in total. The van der Waals surface area contributed by atoms with Crippen LogP contribution in [0.25, 0.3) is 0 Å². The Kier molecular flexibility index (Phi) is 6.18. The molecule has 0 unspecified atom stereocenters. The number of furan rings is 1. The minimum Gasteiger partial charge on any atom is -0.459 e. The molecular formula is C20H26FN5O2. The number of hydrogen-bond donors (Lipinski definition) is 1. The third kappa shape index (κ3) is 4.44. The Morgan fingerprint density at radius 2 is 1.93 bits per heavy atom. The van der Waals surface area contributed by atoms with Crippen LogP contribution in [0.3, 0.4) is 0 Å². The summed E-state index contributed by atoms with van der Waals surface area (Å²) in [6.45, 7) is 2.99. The Balaban J connectivity index is 1.54. The summed E-state index contributed by atoms with van der Waals surface area (Å²) in [5.41, 5.74) is 1.40. The molecule has 0 saturated carbocycles. The van der Waals surface area contributed by atoms with Gasteiger partial charge in [-0.25, -0.2) is 4.39 Å². The van der Waals surface area contributed by atoms with E-state index in [4.69, 9.17) is 4.42 Å². The maximum absolute atomic E-state index is 14.1. The molecule has 2 heterocycles. The van der Waals surface area contributed by atoms with Crippen LogP contribution in [-0.2, 0) is 6.54 Å². The minimum atomic E-state index is -0.246. The molecule has 0 radical (unpaired) electrons. The smallest absolute Gasteiger partial charge is 0.289 e. The van der Waals surface area contributed by atoms with Gasteiger partial charge in [0.1, 0.15) is 5.82 Å². The van der Waals surface area contributed by atoms with Crippen molar-refractivity contribution in [3.63, 3.8) is 0 Å². The van der Waals surface area contributed by atoms with Crippen molar-refractivity contribution in [2.45, 2.75) is 6.54 Å². The third-order valence-corrected chi connectivity index (χ3v) is 4.75. The van der Waals surface area contributed by atoms with E-state index in [1.807, 2.05) is 20.2 Å². The van der Waals surface area contributed by atoms with Crippen LogP contribution in [-0.4, -0.2) is 69.0 Å². The molecule has 1 amide bonds. The van der Waals surface area contributed by atoms with Crippen LogP contribution in [0.1, 0.15) is 16.1 Å². The Bertz CT molecular complexity index is 827. The summed E-state index contributed by atoms with van der Waals surface area (Å²) in [6.07, 6.45) is 1.50. The first-order valence-corrected chi connectivity index (χ1v) is 9.23. The SMILES string of the molecule is CN=C(NCc1ccc(N(C)C)c(F)c1)N1CCN(C(=O)c2ccco2)CC1. The van der Waals surface area contributed by atoms with E-state index < -0.39 is 0 Å². The first-order chi connectivity index (χ1) is 13.5. The van der Waals surface area contributed by atoms with Gasteiger partial charge in [-0.3, -0.25) is 9.79 Å². The van der Waals surface area contributed by atoms with Gasteiger partial charge < -0.3 is 24.4 Å². The topological polar surface area (TPSA) is 64.3 Å². The second-order valence-corrected chi connectivity index (χ2v) is 6.84. The molecule has 28 heavy (non-hydrogen) atoms. The maximum atomic E-state index is 14.1. The maximum Gasteiger partial charge on any atom is 0.289 e. The lowest BCUT2D eigenvalue weighted by Crippen LogP contribution is -2.53. The largest absolute Gasteiger partial charge is 0.459 e. The number of anilines is 1. The number of carbonyl (C=O) groups excluding carboxylic acids is 1. The van der Waals surface area contributed by atoms with E-state index in [1.165, 1.54) is 12.3 Å². The van der Waals surface area contributed by atoms with Crippen LogP contribution in [0.5, 0.6) is 0 Å². The summed E-state index contributed by atoms with van der Waals surface area (Å²) in [5.74, 6) is 0.759. The highest BCUT2D eigenvalue weighted by Crippen LogP contribution is 2.18. The fraction of sp³-hybridized carbons (Fsp3) is 0.400. The van der Waals surface area contributed by atoms with Crippen molar-refractivity contribution < 1.29 is 13.6 Å². The summed E-state index contributed by atoms with van der Waals surface area (Å²) < 4.78 is 19.3. The van der Waals surface area contributed by atoms with Gasteiger partial charge in [-0.15, -0.1) is 0 Å². The number of rotatable bonds is 4. The van der Waals surface area contributed by atoms with Gasteiger partial charge in [-0.05, 0) is 29.8 Å². The van der Waals surface area contributed by atoms with Gasteiger partial charge in [-0.1, -0.05) is 6.07 Å². The van der Waals surface area contributed by atoms with Crippen LogP contribution in [0.15, 0.2) is 46.0 Å². The van der Waals surface area contributed by atoms with E-state index >= 15 is 0 Å². The monoisotopic (exact) mass is 387 g/mol. The van der Waals surface area contributed by atoms with Crippen LogP contribution in [0, 0.1) is 5.82 Å². The normalized spacial score (nSPS) is 14.9. The number of carbonyl (C=O) groups is 1. The van der Waals surface area contributed by atoms with Crippen LogP contribution < -0.4 is 10.2 Å². The van der Waals surface area contributed by atoms with Gasteiger partial charge >= 0.3 is 0 Å². The highest BCUT2D eigenvalue weighted by Gasteiger charge is 2.25. The predicted octanol–water partition coefficient (Wildman–Crippen LogP) is 2.02. The minimum absolute atomic E-state index is 0.0935. The Morgan fingerprint density at radius 3 is 2.50 bits per heavy atom. The zero-order valence-corrected chi connectivity index (χ0v) is 16.5. The summed E-state index contributed by atoms with van der Waals surface area (Å²) in [6, 6.07) is 8.60. The molecule has 1 aliphatic heterocycles. The summed E-state index contributed by atoms with van der Waals surface area (Å²) in [5, 5.41) is 3.28. The van der Waals surface area contributed by atoms with Gasteiger partial charge in [0.25, 0.3) is 5.91 Å². The molecule has 1 fully saturated rings. The molecule has 150 valence electrons. The average Bonchev–Trinajstić information content (AvgIpc) is 3.23. The highest BCUT2D eigenvalue weighted by molar-refractivity contribution is 5.91. The molecule has 1 saturated heterocycles. The molecular weight excluding hydrogens is 361 g/mol. The molecule has 8 heteroatoms. The van der Waals surface area contributed by atoms with Crippen molar-refractivity contribution in [2.24, 2.45) is 4.99 Å². The molecule has 1 aromatic heterocycles. The number of piperazine rings is 1. The number of halogens is 1. The lowest BCUT2D eigenvalue weighted by molar-refractivity contribution is 0.0657. The number of nitrogens with zero attached hydrogens (tertiary/aromatic N) is 4. The predicted molar refractivity (Wildman–Crippen MR) is 107 cm³/mol. The number of hydrogen-bond acceptors (Lipinski definition) is 4. The number of amides is 1. The second-order valence-electron chi connectivity index (χ2n) is 6.84. The fourth-order valence-corrected chi connectivity index (χ4v) is 3.21. The lowest BCUT2D eigenvalue weighted by Gasteiger charge is -2.36. The van der Waals surface area contributed by atoms with E-state index in [-0.39, 0.29) is 11.7 Å². The number of benzene rings is 1. The number of guanidine groups is 1. The lowest BCUT2D eigenvalue weighted by atomic mass is 10.2. The van der Waals surface area contributed by atoms with Crippen LogP contribution in [0.2, 0.25) is 0 Å². The third-order valence-electron chi connectivity index (χ3n) is 4.75. The van der Waals surface area contributed by atoms with Crippen molar-refractivity contribution in [1.82, 2.24) is 15.1 Å². The summed E-state index contributed by atoms with van der Waals surface area (Å²) >= 11 is 0. The van der Waals surface area contributed by atoms with Gasteiger partial charge in [0.15, 0.2) is 11.7 Å². The fourth-order valence-electron chi connectivity index (χ4n) is 3.21. The second kappa shape index (κ2) is 8.77. The van der Waals surface area contributed by atoms with E-state index in [9.17, 15) is 9.18 Å². The van der Waals surface area contributed by atoms with Crippen molar-refractivity contribution in [3.05, 3.63) is 53.7 Å². The van der Waals surface area contributed by atoms with Crippen LogP contribution in [0.4, 0.5) is 10.1 Å². The average molecular weight is 387 g/mol. The van der Waals surface area contributed by atoms with Gasteiger partial charge in [-0.2, -0.15) is 0 Å². The molecule has 3 rings (SSSR count). The number of nitrogens with one attached hydrogen (secondary N) is 1. The van der Waals surface area contributed by atoms with Gasteiger partial charge in [0, 0.05) is 53.9 Å². The zero-order chi connectivity index (χ0) is 20.1. The zero-order valence-electron chi connectivity index (χ0n) is 16.5. The molecule has 1 N–H and O–H groups in total. The van der Waals surface area contributed by atoms with E-state index in [0.717, 1.165) is 11.5 Å². The molecule has 0 bridgehead atoms. The Labute approximate surface area is 164 Å². The highest BCUT2D eigenvalue weighted by atomic mass is 19.1. The molecule has 1 aliphatic rings. The summed E-state index contributed by atoms with van der Waals surface area (Å²) in [7, 11) is 5.35. The van der Waals surface area contributed by atoms with Crippen molar-refractivity contribution in [1.29, 1.82) is 0 Å². The molecule has 0 spiro atoms. The molecule has 0 aliphatic carbocycles. The Hall–Kier alpha value is -3.03. The van der Waals surface area contributed by atoms with Gasteiger partial charge in [0.05, 0.1) is 12.0 Å². The molecule has 2 aromatic rings. The van der Waals surface area contributed by atoms with Gasteiger partial charge in [0.2, 0.25) is 0 Å². The Morgan fingerprint density at radius 1 is 1.21 bits per heavy atom. The first kappa shape index (κ1) is 19.7. The number of aliphatic imine (C=N–C) groups is 1. The van der Waals surface area contributed by atoms with E-state index in [1.54, 1.807) is 35.0 Å². The van der Waals surface area contributed by atoms with Crippen molar-refractivity contribution in [2.75, 3.05) is 52.2 Å². The van der Waals surface area contributed by atoms with Crippen molar-refractivity contribution >= 4 is 17.6 Å². The standard InChI is InChI=1S/C20H26FN5O2/c1-22-20(23-14-15-6-7-17(24(2)3)16(21)13-15)26-10-8-25(9-11-26)19(27)18-5-4-12-28-18/h4-7,12-13H,8-11,14H2,1-3H3,(H,22,23).